The molecule has 3 N–H and O–H groups in total. The van der Waals surface area contributed by atoms with E-state index in [2.05, 4.69) is 0 Å². The number of aliphatic hydroxyl groups is 3. The van der Waals surface area contributed by atoms with Crippen LogP contribution in [0.1, 0.15) is 2.74 Å². The maximum absolute atomic E-state index is 8.38. The molecule has 0 aromatic heterocycles. The molecule has 0 rings (SSSR count). The number of rotatable bonds is 2. The van der Waals surface area contributed by atoms with Crippen molar-refractivity contribution in [2.45, 2.75) is 6.08 Å². The van der Waals surface area contributed by atoms with Gasteiger partial charge in [0.25, 0.3) is 0 Å². The van der Waals surface area contributed by atoms with Gasteiger partial charge in [-0.25, -0.2) is 0 Å². The summed E-state index contributed by atoms with van der Waals surface area (Å²) in [6.45, 7) is -2.90. The number of hydrogen-bond donors (Lipinski definition) is 3. The van der Waals surface area contributed by atoms with Gasteiger partial charge >= 0.3 is 0 Å². The van der Waals surface area contributed by atoms with Crippen molar-refractivity contribution in [3.05, 3.63) is 0 Å². The Labute approximate surface area is 38.7 Å². The van der Waals surface area contributed by atoms with Crippen LogP contribution in [0.15, 0.2) is 0 Å². The molecule has 0 unspecified atom stereocenters. The van der Waals surface area contributed by atoms with Crippen molar-refractivity contribution < 1.29 is 18.1 Å². The van der Waals surface area contributed by atoms with Crippen molar-refractivity contribution in [3.8, 4) is 0 Å². The van der Waals surface area contributed by atoms with Crippen LogP contribution >= 0.6 is 0 Å². The second-order valence-electron chi connectivity index (χ2n) is 0.779. The number of aliphatic hydroxyl groups excluding tert-OH is 2. The van der Waals surface area contributed by atoms with Crippen LogP contribution in [0.5, 0.6) is 0 Å². The van der Waals surface area contributed by atoms with E-state index in [9.17, 15) is 0 Å². The van der Waals surface area contributed by atoms with Gasteiger partial charge in [0, 0.05) is 0 Å². The van der Waals surface area contributed by atoms with Crippen LogP contribution in [-0.2, 0) is 0 Å². The average Bonchev–Trinajstić information content (AvgIpc) is 1.67. The van der Waals surface area contributed by atoms with E-state index in [1.54, 1.807) is 0 Å². The van der Waals surface area contributed by atoms with Crippen molar-refractivity contribution in [3.63, 3.8) is 0 Å². The summed E-state index contributed by atoms with van der Waals surface area (Å²) < 4.78 is 12.8. The zero-order valence-corrected chi connectivity index (χ0v) is 3.13. The summed E-state index contributed by atoms with van der Waals surface area (Å²) in [4.78, 5) is 0. The molecule has 6 heavy (non-hydrogen) atoms. The van der Waals surface area contributed by atoms with E-state index in [1.165, 1.54) is 0 Å². The third-order valence-corrected chi connectivity index (χ3v) is 0.311. The van der Waals surface area contributed by atoms with Crippen molar-refractivity contribution in [2.24, 2.45) is 0 Å². The van der Waals surface area contributed by atoms with Gasteiger partial charge in [-0.1, -0.05) is 0 Å². The highest BCUT2D eigenvalue weighted by atomic mass is 16.5. The summed E-state index contributed by atoms with van der Waals surface area (Å²) >= 11 is 0. The maximum Gasteiger partial charge on any atom is 0.100 e. The standard InChI is InChI=1S/C3H8O3/c4-1-3(6)2-5/h3-6H,1-2H2/i1+1D,3+1D/t1-,3+/m0/s1. The zero-order valence-electron chi connectivity index (χ0n) is 5.13. The fraction of sp³-hybridized carbons (Fsp3) is 1.00. The van der Waals surface area contributed by atoms with Crippen molar-refractivity contribution in [1.82, 2.24) is 0 Å². The molecule has 0 amide bonds. The minimum Gasteiger partial charge on any atom is -0.394 e. The van der Waals surface area contributed by atoms with E-state index >= 15 is 0 Å². The quantitative estimate of drug-likeness (QED) is 0.360. The van der Waals surface area contributed by atoms with Crippen molar-refractivity contribution in [2.75, 3.05) is 13.2 Å². The Morgan fingerprint density at radius 1 is 1.83 bits per heavy atom. The first-order chi connectivity index (χ1) is 3.50. The molecule has 0 aromatic carbocycles. The first kappa shape index (κ1) is 2.96. The molecule has 0 bridgehead atoms. The molecule has 2 atom stereocenters. The van der Waals surface area contributed by atoms with Crippen LogP contribution in [0.4, 0.5) is 0 Å². The SMILES string of the molecule is [2H][13C@H](O)[13C@@]([2H])(O)CO. The Kier molecular flexibility index (Phi) is 1.52. The van der Waals surface area contributed by atoms with Gasteiger partial charge in [0.15, 0.2) is 0 Å². The van der Waals surface area contributed by atoms with E-state index in [1.807, 2.05) is 0 Å². The van der Waals surface area contributed by atoms with Crippen LogP contribution < -0.4 is 0 Å². The highest BCUT2D eigenvalue weighted by molar-refractivity contribution is 4.43. The van der Waals surface area contributed by atoms with Crippen LogP contribution in [0.2, 0.25) is 0 Å². The minimum atomic E-state index is -2.43. The summed E-state index contributed by atoms with van der Waals surface area (Å²) in [5.74, 6) is 0. The lowest BCUT2D eigenvalue weighted by atomic mass is 11.0. The Morgan fingerprint density at radius 3 is 2.33 bits per heavy atom. The van der Waals surface area contributed by atoms with Crippen LogP contribution in [-0.4, -0.2) is 34.6 Å². The highest BCUT2D eigenvalue weighted by Crippen LogP contribution is 1.71. The van der Waals surface area contributed by atoms with Crippen molar-refractivity contribution >= 4 is 0 Å². The van der Waals surface area contributed by atoms with E-state index < -0.39 is 19.3 Å². The largest absolute Gasteiger partial charge is 0.394 e. The fourth-order valence-corrected chi connectivity index (χ4v) is 0.0408. The molecule has 0 saturated carbocycles. The van der Waals surface area contributed by atoms with Crippen molar-refractivity contribution in [1.29, 1.82) is 0 Å². The Balaban J connectivity index is 3.71. The fourth-order valence-electron chi connectivity index (χ4n) is 0.0408. The predicted octanol–water partition coefficient (Wildman–Crippen LogP) is -1.67. The third kappa shape index (κ3) is 2.14. The molecule has 0 aliphatic carbocycles. The van der Waals surface area contributed by atoms with Crippen LogP contribution in [0.25, 0.3) is 0 Å². The summed E-state index contributed by atoms with van der Waals surface area (Å²) in [7, 11) is 0. The molecular weight excluding hydrogens is 86.0 g/mol. The molecule has 38 valence electrons. The third-order valence-electron chi connectivity index (χ3n) is 0.311. The van der Waals surface area contributed by atoms with Gasteiger partial charge in [-0.15, -0.1) is 0 Å². The Bertz CT molecular complexity index is 72.9. The minimum absolute atomic E-state index is 0.933. The molecule has 0 radical (unpaired) electrons. The van der Waals surface area contributed by atoms with E-state index in [-0.39, 0.29) is 0 Å². The second-order valence-corrected chi connectivity index (χ2v) is 0.779. The molecule has 0 saturated heterocycles. The lowest BCUT2D eigenvalue weighted by Crippen LogP contribution is -2.15. The van der Waals surface area contributed by atoms with Crippen LogP contribution in [0, 0.1) is 0 Å². The molecule has 0 aliphatic rings. The summed E-state index contributed by atoms with van der Waals surface area (Å²) in [6, 6.07) is 0. The van der Waals surface area contributed by atoms with Crippen LogP contribution in [0.3, 0.4) is 0 Å². The average molecular weight is 96.1 g/mol. The zero-order chi connectivity index (χ0) is 6.78. The van der Waals surface area contributed by atoms with E-state index in [0.29, 0.717) is 0 Å². The lowest BCUT2D eigenvalue weighted by Gasteiger charge is -1.96. The molecular formula is C3H8O3. The van der Waals surface area contributed by atoms with Gasteiger partial charge in [-0.2, -0.15) is 0 Å². The van der Waals surface area contributed by atoms with E-state index in [0.717, 1.165) is 0 Å². The van der Waals surface area contributed by atoms with Gasteiger partial charge in [0.2, 0.25) is 0 Å². The maximum atomic E-state index is 8.38. The monoisotopic (exact) mass is 96.1 g/mol. The second kappa shape index (κ2) is 3.08. The van der Waals surface area contributed by atoms with Gasteiger partial charge in [-0.05, 0) is 0 Å². The van der Waals surface area contributed by atoms with Gasteiger partial charge in [-0.3, -0.25) is 0 Å². The van der Waals surface area contributed by atoms with Gasteiger partial charge in [0.05, 0.1) is 15.9 Å². The lowest BCUT2D eigenvalue weighted by molar-refractivity contribution is 0.0450. The summed E-state index contributed by atoms with van der Waals surface area (Å²) in [5, 5.41) is 24.6. The molecule has 0 fully saturated rings. The first-order valence-corrected chi connectivity index (χ1v) is 1.44. The highest BCUT2D eigenvalue weighted by Gasteiger charge is 1.93. The summed E-state index contributed by atoms with van der Waals surface area (Å²) in [5.41, 5.74) is 0. The first-order valence-electron chi connectivity index (χ1n) is 2.52. The van der Waals surface area contributed by atoms with Gasteiger partial charge in [0.1, 0.15) is 6.08 Å². The topological polar surface area (TPSA) is 60.7 Å². The normalized spacial score (nSPS) is 29.8. The van der Waals surface area contributed by atoms with Gasteiger partial charge < -0.3 is 15.3 Å². The van der Waals surface area contributed by atoms with E-state index in [4.69, 9.17) is 18.1 Å². The smallest absolute Gasteiger partial charge is 0.100 e. The number of hydrogen-bond acceptors (Lipinski definition) is 3. The molecule has 0 heterocycles. The summed E-state index contributed by atoms with van der Waals surface area (Å²) in [6.07, 6.45) is -2.43. The Hall–Kier alpha value is -0.120. The molecule has 0 spiro atoms. The predicted molar refractivity (Wildman–Crippen MR) is 20.2 cm³/mol. The molecule has 0 aromatic rings. The molecule has 0 aliphatic heterocycles. The molecule has 3 nitrogen and oxygen atoms in total. The molecule has 3 heteroatoms. The Morgan fingerprint density at radius 2 is 2.33 bits per heavy atom.